The first-order valence-electron chi connectivity index (χ1n) is 5.87. The van der Waals surface area contributed by atoms with Gasteiger partial charge in [0.15, 0.2) is 5.69 Å². The summed E-state index contributed by atoms with van der Waals surface area (Å²) in [6.07, 6.45) is 1.86. The molecule has 0 aromatic carbocycles. The molecule has 10 heteroatoms. The first kappa shape index (κ1) is 16.8. The minimum absolute atomic E-state index is 0.265. The smallest absolute Gasteiger partial charge is 0.273 e. The van der Waals surface area contributed by atoms with Crippen LogP contribution in [0.15, 0.2) is 4.90 Å². The van der Waals surface area contributed by atoms with Gasteiger partial charge in [0, 0.05) is 28.9 Å². The molecule has 0 bridgehead atoms. The number of sulfonamides is 1. The average Bonchev–Trinajstić information content (AvgIpc) is 2.70. The zero-order valence-electron chi connectivity index (χ0n) is 11.5. The number of hydrogen-bond acceptors (Lipinski definition) is 5. The number of nitrogens with two attached hydrogens (primary N) is 1. The van der Waals surface area contributed by atoms with Gasteiger partial charge in [-0.1, -0.05) is 6.92 Å². The maximum absolute atomic E-state index is 12.0. The summed E-state index contributed by atoms with van der Waals surface area (Å²) < 4.78 is 34.2. The van der Waals surface area contributed by atoms with Gasteiger partial charge in [0.05, 0.1) is 5.69 Å². The van der Waals surface area contributed by atoms with Gasteiger partial charge in [-0.15, -0.1) is 0 Å². The van der Waals surface area contributed by atoms with Crippen molar-refractivity contribution in [3.8, 4) is 0 Å². The third-order valence-corrected chi connectivity index (χ3v) is 4.49. The van der Waals surface area contributed by atoms with Crippen molar-refractivity contribution in [3.63, 3.8) is 0 Å². The van der Waals surface area contributed by atoms with Crippen molar-refractivity contribution in [2.75, 3.05) is 12.0 Å². The first-order chi connectivity index (χ1) is 9.16. The average molecular weight is 322 g/mol. The molecule has 0 aliphatic heterocycles. The highest BCUT2D eigenvalue weighted by Crippen LogP contribution is 2.17. The summed E-state index contributed by atoms with van der Waals surface area (Å²) in [5.41, 5.74) is 0.0162. The van der Waals surface area contributed by atoms with Gasteiger partial charge >= 0.3 is 0 Å². The maximum Gasteiger partial charge on any atom is 0.273 e. The van der Waals surface area contributed by atoms with Crippen LogP contribution in [0, 0.1) is 0 Å². The van der Waals surface area contributed by atoms with Crippen molar-refractivity contribution in [1.29, 1.82) is 0 Å². The number of nitrogens with zero attached hydrogens (tertiary/aromatic N) is 1. The van der Waals surface area contributed by atoms with Crippen LogP contribution in [0.4, 0.5) is 0 Å². The van der Waals surface area contributed by atoms with Crippen molar-refractivity contribution >= 4 is 26.7 Å². The van der Waals surface area contributed by atoms with Crippen LogP contribution in [0.5, 0.6) is 0 Å². The Hall–Kier alpha value is -1.26. The number of amides is 1. The predicted octanol–water partition coefficient (Wildman–Crippen LogP) is -0.884. The van der Waals surface area contributed by atoms with E-state index in [-0.39, 0.29) is 28.1 Å². The van der Waals surface area contributed by atoms with Crippen LogP contribution in [0.2, 0.25) is 0 Å². The maximum atomic E-state index is 12.0. The molecule has 2 unspecified atom stereocenters. The molecular weight excluding hydrogens is 304 g/mol. The van der Waals surface area contributed by atoms with Crippen LogP contribution in [-0.2, 0) is 27.2 Å². The van der Waals surface area contributed by atoms with Crippen molar-refractivity contribution in [2.45, 2.75) is 31.2 Å². The molecule has 2 atom stereocenters. The second kappa shape index (κ2) is 6.46. The lowest BCUT2D eigenvalue weighted by atomic mass is 10.3. The van der Waals surface area contributed by atoms with E-state index in [0.717, 1.165) is 0 Å². The molecule has 0 aliphatic carbocycles. The van der Waals surface area contributed by atoms with Gasteiger partial charge < -0.3 is 5.32 Å². The van der Waals surface area contributed by atoms with E-state index in [1.165, 1.54) is 6.26 Å². The Morgan fingerprint density at radius 1 is 1.55 bits per heavy atom. The number of primary sulfonamides is 1. The van der Waals surface area contributed by atoms with E-state index in [4.69, 9.17) is 5.14 Å². The number of rotatable bonds is 6. The van der Waals surface area contributed by atoms with Gasteiger partial charge in [-0.2, -0.15) is 5.10 Å². The van der Waals surface area contributed by atoms with Crippen LogP contribution in [0.1, 0.15) is 30.0 Å². The summed E-state index contributed by atoms with van der Waals surface area (Å²) >= 11 is 0. The van der Waals surface area contributed by atoms with E-state index in [2.05, 4.69) is 15.5 Å². The number of aromatic nitrogens is 2. The van der Waals surface area contributed by atoms with Crippen molar-refractivity contribution in [2.24, 2.45) is 5.14 Å². The molecule has 20 heavy (non-hydrogen) atoms. The normalized spacial score (nSPS) is 14.8. The van der Waals surface area contributed by atoms with Crippen molar-refractivity contribution in [3.05, 3.63) is 11.4 Å². The fraction of sp³-hybridized carbons (Fsp3) is 0.600. The molecule has 0 saturated heterocycles. The Morgan fingerprint density at radius 3 is 2.60 bits per heavy atom. The molecule has 4 N–H and O–H groups in total. The molecule has 1 amide bonds. The summed E-state index contributed by atoms with van der Waals surface area (Å²) in [5, 5.41) is 13.9. The van der Waals surface area contributed by atoms with Gasteiger partial charge in [-0.05, 0) is 13.3 Å². The topological polar surface area (TPSA) is 135 Å². The summed E-state index contributed by atoms with van der Waals surface area (Å²) in [5.74, 6) is -0.399. The number of nitrogens with one attached hydrogen (secondary N) is 2. The Balaban J connectivity index is 3.06. The van der Waals surface area contributed by atoms with E-state index in [0.29, 0.717) is 6.42 Å². The predicted molar refractivity (Wildman–Crippen MR) is 75.2 cm³/mol. The fourth-order valence-electron chi connectivity index (χ4n) is 1.75. The van der Waals surface area contributed by atoms with Crippen molar-refractivity contribution in [1.82, 2.24) is 15.5 Å². The van der Waals surface area contributed by atoms with E-state index < -0.39 is 26.7 Å². The molecule has 1 rings (SSSR count). The highest BCUT2D eigenvalue weighted by Gasteiger charge is 2.27. The molecule has 0 spiro atoms. The number of hydrogen-bond donors (Lipinski definition) is 3. The third-order valence-electron chi connectivity index (χ3n) is 2.51. The molecule has 1 aromatic rings. The van der Waals surface area contributed by atoms with E-state index >= 15 is 0 Å². The Kier molecular flexibility index (Phi) is 5.42. The molecule has 1 aromatic heterocycles. The summed E-state index contributed by atoms with van der Waals surface area (Å²) in [4.78, 5) is 11.7. The lowest BCUT2D eigenvalue weighted by molar-refractivity contribution is 0.0935. The third kappa shape index (κ3) is 4.12. The minimum atomic E-state index is -4.05. The number of aryl methyl sites for hydroxylation is 1. The van der Waals surface area contributed by atoms with Crippen LogP contribution in [-0.4, -0.2) is 46.8 Å². The Bertz CT molecular complexity index is 623. The summed E-state index contributed by atoms with van der Waals surface area (Å²) in [7, 11) is -5.12. The Labute approximate surface area is 120 Å². The molecule has 8 nitrogen and oxygen atoms in total. The van der Waals surface area contributed by atoms with Crippen molar-refractivity contribution < 1.29 is 17.4 Å². The van der Waals surface area contributed by atoms with Gasteiger partial charge in [0.1, 0.15) is 4.90 Å². The lowest BCUT2D eigenvalue weighted by Crippen LogP contribution is -2.37. The van der Waals surface area contributed by atoms with E-state index in [1.54, 1.807) is 13.8 Å². The largest absolute Gasteiger partial charge is 0.347 e. The van der Waals surface area contributed by atoms with Gasteiger partial charge in [0.2, 0.25) is 10.0 Å². The SMILES string of the molecule is CCc1[nH]nc(C(=O)NC(C)CS(C)=O)c1S(N)(=O)=O. The van der Waals surface area contributed by atoms with Gasteiger partial charge in [-0.3, -0.25) is 14.1 Å². The number of carbonyl (C=O) groups is 1. The summed E-state index contributed by atoms with van der Waals surface area (Å²) in [6.45, 7) is 3.38. The molecule has 0 radical (unpaired) electrons. The monoisotopic (exact) mass is 322 g/mol. The Morgan fingerprint density at radius 2 is 2.15 bits per heavy atom. The van der Waals surface area contributed by atoms with Crippen LogP contribution in [0.25, 0.3) is 0 Å². The molecule has 0 aliphatic rings. The van der Waals surface area contributed by atoms with E-state index in [9.17, 15) is 17.4 Å². The fourth-order valence-corrected chi connectivity index (χ4v) is 3.48. The quantitative estimate of drug-likeness (QED) is 0.625. The number of H-pyrrole nitrogens is 1. The van der Waals surface area contributed by atoms with Crippen LogP contribution in [0.3, 0.4) is 0 Å². The highest BCUT2D eigenvalue weighted by molar-refractivity contribution is 7.89. The van der Waals surface area contributed by atoms with E-state index in [1.807, 2.05) is 0 Å². The van der Waals surface area contributed by atoms with Crippen LogP contribution >= 0.6 is 0 Å². The van der Waals surface area contributed by atoms with Crippen LogP contribution < -0.4 is 10.5 Å². The molecule has 0 saturated carbocycles. The number of aromatic amines is 1. The molecule has 0 fully saturated rings. The lowest BCUT2D eigenvalue weighted by Gasteiger charge is -2.11. The molecule has 114 valence electrons. The minimum Gasteiger partial charge on any atom is -0.347 e. The summed E-state index contributed by atoms with van der Waals surface area (Å²) in [6, 6.07) is -0.372. The molecular formula is C10H18N4O4S2. The first-order valence-corrected chi connectivity index (χ1v) is 9.15. The second-order valence-corrected chi connectivity index (χ2v) is 7.37. The standard InChI is InChI=1S/C10H18N4O4S2/c1-4-7-9(20(11,17)18)8(14-13-7)10(15)12-6(2)5-19(3)16/h6H,4-5H2,1-3H3,(H,12,15)(H,13,14)(H2,11,17,18). The molecule has 1 heterocycles. The highest BCUT2D eigenvalue weighted by atomic mass is 32.2. The number of carbonyl (C=O) groups excluding carboxylic acids is 1. The van der Waals surface area contributed by atoms with Gasteiger partial charge in [-0.25, -0.2) is 13.6 Å². The zero-order chi connectivity index (χ0) is 15.5. The zero-order valence-corrected chi connectivity index (χ0v) is 13.1. The second-order valence-electron chi connectivity index (χ2n) is 4.39. The van der Waals surface area contributed by atoms with Gasteiger partial charge in [0.25, 0.3) is 5.91 Å².